The summed E-state index contributed by atoms with van der Waals surface area (Å²) < 4.78 is 0.954. The molecule has 2 aromatic rings. The van der Waals surface area contributed by atoms with Gasteiger partial charge in [-0.05, 0) is 42.0 Å². The van der Waals surface area contributed by atoms with Gasteiger partial charge in [0.05, 0.1) is 12.8 Å². The molecule has 0 aliphatic carbocycles. The van der Waals surface area contributed by atoms with Crippen LogP contribution < -0.4 is 5.32 Å². The van der Waals surface area contributed by atoms with Crippen LogP contribution in [0.15, 0.2) is 53.0 Å². The van der Waals surface area contributed by atoms with Crippen LogP contribution in [0.25, 0.3) is 0 Å². The van der Waals surface area contributed by atoms with E-state index in [1.165, 1.54) is 0 Å². The van der Waals surface area contributed by atoms with Crippen molar-refractivity contribution in [3.63, 3.8) is 0 Å². The first-order valence-corrected chi connectivity index (χ1v) is 8.12. The Morgan fingerprint density at radius 1 is 0.917 bits per heavy atom. The molecule has 0 spiro atoms. The van der Waals surface area contributed by atoms with E-state index < -0.39 is 5.97 Å². The van der Waals surface area contributed by atoms with Crippen LogP contribution in [-0.2, 0) is 16.0 Å². The zero-order valence-corrected chi connectivity index (χ0v) is 14.4. The number of amides is 1. The summed E-state index contributed by atoms with van der Waals surface area (Å²) >= 11 is 3.34. The minimum atomic E-state index is -1.000. The molecule has 1 amide bonds. The third-order valence-electron chi connectivity index (χ3n) is 3.33. The summed E-state index contributed by atoms with van der Waals surface area (Å²) in [4.78, 5) is 34.3. The van der Waals surface area contributed by atoms with E-state index in [-0.39, 0.29) is 31.0 Å². The number of carboxylic acid groups (broad SMARTS) is 1. The van der Waals surface area contributed by atoms with Crippen molar-refractivity contribution in [3.05, 3.63) is 64.1 Å². The lowest BCUT2D eigenvalue weighted by molar-refractivity contribution is -0.137. The second kappa shape index (κ2) is 8.40. The molecule has 2 N–H and O–H groups in total. The maximum Gasteiger partial charge on any atom is 0.303 e. The van der Waals surface area contributed by atoms with Gasteiger partial charge in [0.1, 0.15) is 0 Å². The molecule has 0 aliphatic heterocycles. The highest BCUT2D eigenvalue weighted by Gasteiger charge is 2.09. The minimum Gasteiger partial charge on any atom is -0.481 e. The zero-order chi connectivity index (χ0) is 17.5. The molecule has 0 unspecified atom stereocenters. The van der Waals surface area contributed by atoms with E-state index in [4.69, 9.17) is 5.11 Å². The fraction of sp³-hybridized carbons (Fsp3) is 0.167. The van der Waals surface area contributed by atoms with Crippen molar-refractivity contribution in [1.82, 2.24) is 0 Å². The number of carbonyl (C=O) groups is 3. The summed E-state index contributed by atoms with van der Waals surface area (Å²) in [5.41, 5.74) is 1.92. The molecule has 24 heavy (non-hydrogen) atoms. The average molecular weight is 390 g/mol. The number of aliphatic carboxylic acids is 1. The van der Waals surface area contributed by atoms with E-state index in [0.717, 1.165) is 10.0 Å². The molecule has 6 heteroatoms. The number of hydrogen-bond donors (Lipinski definition) is 2. The van der Waals surface area contributed by atoms with E-state index in [9.17, 15) is 14.4 Å². The van der Waals surface area contributed by atoms with Gasteiger partial charge in [0.15, 0.2) is 5.78 Å². The molecule has 124 valence electrons. The van der Waals surface area contributed by atoms with Crippen molar-refractivity contribution < 1.29 is 19.5 Å². The smallest absolute Gasteiger partial charge is 0.303 e. The topological polar surface area (TPSA) is 83.5 Å². The van der Waals surface area contributed by atoms with Gasteiger partial charge in [0.25, 0.3) is 0 Å². The van der Waals surface area contributed by atoms with Crippen molar-refractivity contribution in [2.24, 2.45) is 0 Å². The van der Waals surface area contributed by atoms with Crippen LogP contribution in [-0.4, -0.2) is 22.8 Å². The van der Waals surface area contributed by atoms with Crippen LogP contribution in [0.1, 0.15) is 28.8 Å². The Balaban J connectivity index is 1.91. The van der Waals surface area contributed by atoms with Gasteiger partial charge >= 0.3 is 5.97 Å². The second-order valence-corrected chi connectivity index (χ2v) is 6.16. The zero-order valence-electron chi connectivity index (χ0n) is 12.8. The Hall–Kier alpha value is -2.47. The van der Waals surface area contributed by atoms with Gasteiger partial charge < -0.3 is 10.4 Å². The van der Waals surface area contributed by atoms with Gasteiger partial charge in [-0.25, -0.2) is 0 Å². The largest absolute Gasteiger partial charge is 0.481 e. The molecule has 0 atom stereocenters. The number of ketones is 1. The standard InChI is InChI=1S/C18H16BrNO4/c19-14-5-1-12(2-6-14)11-17(22)20-15-7-3-13(4-8-15)16(21)9-10-18(23)24/h1-8H,9-11H2,(H,20,22)(H,23,24). The Morgan fingerprint density at radius 2 is 1.54 bits per heavy atom. The molecular weight excluding hydrogens is 374 g/mol. The predicted octanol–water partition coefficient (Wildman–Crippen LogP) is 3.68. The minimum absolute atomic E-state index is 0.0371. The molecule has 5 nitrogen and oxygen atoms in total. The SMILES string of the molecule is O=C(O)CCC(=O)c1ccc(NC(=O)Cc2ccc(Br)cc2)cc1. The van der Waals surface area contributed by atoms with Crippen molar-refractivity contribution in [2.75, 3.05) is 5.32 Å². The summed E-state index contributed by atoms with van der Waals surface area (Å²) in [6.07, 6.45) is 0.0295. The van der Waals surface area contributed by atoms with Gasteiger partial charge in [-0.1, -0.05) is 28.1 Å². The van der Waals surface area contributed by atoms with Gasteiger partial charge in [-0.3, -0.25) is 14.4 Å². The van der Waals surface area contributed by atoms with E-state index in [1.807, 2.05) is 24.3 Å². The fourth-order valence-electron chi connectivity index (χ4n) is 2.10. The first-order chi connectivity index (χ1) is 11.4. The fourth-order valence-corrected chi connectivity index (χ4v) is 2.36. The molecule has 0 fully saturated rings. The summed E-state index contributed by atoms with van der Waals surface area (Å²) in [5, 5.41) is 11.4. The number of nitrogens with one attached hydrogen (secondary N) is 1. The van der Waals surface area contributed by atoms with E-state index in [1.54, 1.807) is 24.3 Å². The molecule has 0 heterocycles. The first kappa shape index (κ1) is 17.9. The molecule has 0 bridgehead atoms. The molecule has 0 radical (unpaired) electrons. The van der Waals surface area contributed by atoms with Gasteiger partial charge in [-0.15, -0.1) is 0 Å². The van der Waals surface area contributed by atoms with Gasteiger partial charge in [0, 0.05) is 22.1 Å². The predicted molar refractivity (Wildman–Crippen MR) is 94.1 cm³/mol. The third kappa shape index (κ3) is 5.62. The maximum atomic E-state index is 12.0. The lowest BCUT2D eigenvalue weighted by Gasteiger charge is -2.06. The highest BCUT2D eigenvalue weighted by atomic mass is 79.9. The Kier molecular flexibility index (Phi) is 6.26. The van der Waals surface area contributed by atoms with Crippen LogP contribution in [0.5, 0.6) is 0 Å². The normalized spacial score (nSPS) is 10.2. The monoisotopic (exact) mass is 389 g/mol. The summed E-state index contributed by atoms with van der Waals surface area (Å²) in [7, 11) is 0. The number of benzene rings is 2. The molecule has 2 aromatic carbocycles. The molecule has 0 saturated carbocycles. The van der Waals surface area contributed by atoms with Crippen LogP contribution in [0.3, 0.4) is 0 Å². The van der Waals surface area contributed by atoms with Crippen molar-refractivity contribution >= 4 is 39.3 Å². The number of rotatable bonds is 7. The quantitative estimate of drug-likeness (QED) is 0.707. The highest BCUT2D eigenvalue weighted by molar-refractivity contribution is 9.10. The Labute approximate surface area is 147 Å². The van der Waals surface area contributed by atoms with Crippen molar-refractivity contribution in [2.45, 2.75) is 19.3 Å². The summed E-state index contributed by atoms with van der Waals surface area (Å²) in [6, 6.07) is 13.9. The van der Waals surface area contributed by atoms with Crippen LogP contribution in [0, 0.1) is 0 Å². The van der Waals surface area contributed by atoms with E-state index in [0.29, 0.717) is 11.3 Å². The van der Waals surface area contributed by atoms with Crippen LogP contribution >= 0.6 is 15.9 Å². The first-order valence-electron chi connectivity index (χ1n) is 7.33. The van der Waals surface area contributed by atoms with Crippen LogP contribution in [0.4, 0.5) is 5.69 Å². The highest BCUT2D eigenvalue weighted by Crippen LogP contribution is 2.14. The Bertz CT molecular complexity index is 739. The lowest BCUT2D eigenvalue weighted by atomic mass is 10.1. The lowest BCUT2D eigenvalue weighted by Crippen LogP contribution is -2.14. The number of carbonyl (C=O) groups excluding carboxylic acids is 2. The number of hydrogen-bond acceptors (Lipinski definition) is 3. The summed E-state index contributed by atoms with van der Waals surface area (Å²) in [6.45, 7) is 0. The number of carboxylic acids is 1. The molecule has 0 aromatic heterocycles. The average Bonchev–Trinajstić information content (AvgIpc) is 2.55. The summed E-state index contributed by atoms with van der Waals surface area (Å²) in [5.74, 6) is -1.38. The molecule has 0 aliphatic rings. The van der Waals surface area contributed by atoms with E-state index in [2.05, 4.69) is 21.2 Å². The Morgan fingerprint density at radius 3 is 2.12 bits per heavy atom. The molecule has 0 saturated heterocycles. The number of Topliss-reactive ketones (excluding diaryl/α,β-unsaturated/α-hetero) is 1. The maximum absolute atomic E-state index is 12.0. The van der Waals surface area contributed by atoms with Crippen molar-refractivity contribution in [1.29, 1.82) is 0 Å². The van der Waals surface area contributed by atoms with Gasteiger partial charge in [-0.2, -0.15) is 0 Å². The van der Waals surface area contributed by atoms with Crippen LogP contribution in [0.2, 0.25) is 0 Å². The van der Waals surface area contributed by atoms with E-state index >= 15 is 0 Å². The van der Waals surface area contributed by atoms with Gasteiger partial charge in [0.2, 0.25) is 5.91 Å². The third-order valence-corrected chi connectivity index (χ3v) is 3.86. The number of anilines is 1. The van der Waals surface area contributed by atoms with Crippen molar-refractivity contribution in [3.8, 4) is 0 Å². The number of halogens is 1. The second-order valence-electron chi connectivity index (χ2n) is 5.25. The molecule has 2 rings (SSSR count). The molecular formula is C18H16BrNO4.